The molecule has 4 N–H and O–H groups in total. The van der Waals surface area contributed by atoms with Gasteiger partial charge in [0.05, 0.1) is 13.2 Å². The third-order valence-corrected chi connectivity index (χ3v) is 9.54. The Labute approximate surface area is 321 Å². The van der Waals surface area contributed by atoms with Crippen molar-refractivity contribution in [1.82, 2.24) is 0 Å². The SMILES string of the molecule is CCC/C=C\C/C=C\CCCCCCCC(=O)OC(COC(=O)CCCCCCC/C=C\CCCCCCCCC)COP(=O)(O)OCC(N)C(=O)O. The van der Waals surface area contributed by atoms with Crippen molar-refractivity contribution in [1.29, 1.82) is 0 Å². The van der Waals surface area contributed by atoms with Gasteiger partial charge in [0.15, 0.2) is 6.10 Å². The van der Waals surface area contributed by atoms with Crippen molar-refractivity contribution in [3.63, 3.8) is 0 Å². The van der Waals surface area contributed by atoms with Crippen molar-refractivity contribution in [2.75, 3.05) is 19.8 Å². The van der Waals surface area contributed by atoms with Crippen LogP contribution in [0.3, 0.4) is 0 Å². The van der Waals surface area contributed by atoms with Crippen molar-refractivity contribution in [3.05, 3.63) is 36.5 Å². The molecular weight excluding hydrogens is 697 g/mol. The van der Waals surface area contributed by atoms with Gasteiger partial charge in [-0.25, -0.2) is 4.57 Å². The van der Waals surface area contributed by atoms with Crippen molar-refractivity contribution in [2.24, 2.45) is 5.73 Å². The number of aliphatic carboxylic acids is 1. The van der Waals surface area contributed by atoms with Gasteiger partial charge in [-0.1, -0.05) is 134 Å². The highest BCUT2D eigenvalue weighted by Crippen LogP contribution is 2.43. The zero-order valence-corrected chi connectivity index (χ0v) is 34.0. The number of phosphoric ester groups is 1. The van der Waals surface area contributed by atoms with Crippen LogP contribution in [-0.2, 0) is 37.5 Å². The summed E-state index contributed by atoms with van der Waals surface area (Å²) in [5.41, 5.74) is 5.32. The summed E-state index contributed by atoms with van der Waals surface area (Å²) in [5.74, 6) is -2.41. The molecular formula is C41H74NO10P. The molecule has 0 saturated carbocycles. The van der Waals surface area contributed by atoms with E-state index >= 15 is 0 Å². The van der Waals surface area contributed by atoms with Crippen LogP contribution in [0.1, 0.15) is 174 Å². The molecule has 12 heteroatoms. The van der Waals surface area contributed by atoms with Crippen LogP contribution in [0.2, 0.25) is 0 Å². The third-order valence-electron chi connectivity index (χ3n) is 8.59. The van der Waals surface area contributed by atoms with Crippen LogP contribution in [0.25, 0.3) is 0 Å². The fourth-order valence-corrected chi connectivity index (χ4v) is 6.11. The summed E-state index contributed by atoms with van der Waals surface area (Å²) in [6.07, 6.45) is 37.8. The van der Waals surface area contributed by atoms with E-state index in [-0.39, 0.29) is 19.4 Å². The lowest BCUT2D eigenvalue weighted by atomic mass is 10.1. The molecule has 3 unspecified atom stereocenters. The Morgan fingerprint density at radius 1 is 0.585 bits per heavy atom. The van der Waals surface area contributed by atoms with Crippen LogP contribution in [0, 0.1) is 0 Å². The fraction of sp³-hybridized carbons (Fsp3) is 0.780. The lowest BCUT2D eigenvalue weighted by molar-refractivity contribution is -0.161. The predicted molar refractivity (Wildman–Crippen MR) is 212 cm³/mol. The van der Waals surface area contributed by atoms with Crippen molar-refractivity contribution in [2.45, 2.75) is 187 Å². The van der Waals surface area contributed by atoms with Crippen molar-refractivity contribution in [3.8, 4) is 0 Å². The number of carbonyl (C=O) groups is 3. The molecule has 53 heavy (non-hydrogen) atoms. The molecule has 11 nitrogen and oxygen atoms in total. The summed E-state index contributed by atoms with van der Waals surface area (Å²) in [7, 11) is -4.72. The number of phosphoric acid groups is 1. The average Bonchev–Trinajstić information content (AvgIpc) is 3.13. The smallest absolute Gasteiger partial charge is 0.472 e. The molecule has 0 rings (SSSR count). The number of unbranched alkanes of at least 4 members (excludes halogenated alkanes) is 18. The van der Waals surface area contributed by atoms with E-state index in [1.807, 2.05) is 0 Å². The number of hydrogen-bond acceptors (Lipinski definition) is 9. The number of carboxylic acid groups (broad SMARTS) is 1. The molecule has 0 aliphatic carbocycles. The molecule has 0 aliphatic rings. The summed E-state index contributed by atoms with van der Waals surface area (Å²) < 4.78 is 32.6. The maximum atomic E-state index is 12.6. The molecule has 0 aromatic heterocycles. The quantitative estimate of drug-likeness (QED) is 0.0236. The molecule has 0 saturated heterocycles. The Morgan fingerprint density at radius 2 is 1.04 bits per heavy atom. The van der Waals surface area contributed by atoms with Gasteiger partial charge >= 0.3 is 25.7 Å². The number of hydrogen-bond donors (Lipinski definition) is 3. The minimum absolute atomic E-state index is 0.143. The summed E-state index contributed by atoms with van der Waals surface area (Å²) in [6, 6.07) is -1.52. The van der Waals surface area contributed by atoms with E-state index in [2.05, 4.69) is 54.8 Å². The molecule has 3 atom stereocenters. The molecule has 0 bridgehead atoms. The maximum absolute atomic E-state index is 12.6. The van der Waals surface area contributed by atoms with E-state index in [1.54, 1.807) is 0 Å². The first kappa shape index (κ1) is 50.7. The summed E-state index contributed by atoms with van der Waals surface area (Å²) in [4.78, 5) is 45.8. The topological polar surface area (TPSA) is 172 Å². The highest BCUT2D eigenvalue weighted by molar-refractivity contribution is 7.47. The Kier molecular flexibility index (Phi) is 35.1. The molecule has 0 aromatic rings. The van der Waals surface area contributed by atoms with E-state index in [4.69, 9.17) is 24.8 Å². The number of ether oxygens (including phenoxy) is 2. The van der Waals surface area contributed by atoms with Gasteiger partial charge in [-0.15, -0.1) is 0 Å². The first-order chi connectivity index (χ1) is 25.6. The largest absolute Gasteiger partial charge is 0.480 e. The van der Waals surface area contributed by atoms with Gasteiger partial charge in [0.25, 0.3) is 0 Å². The normalized spacial score (nSPS) is 14.2. The lowest BCUT2D eigenvalue weighted by Crippen LogP contribution is -2.34. The molecule has 0 heterocycles. The molecule has 0 fully saturated rings. The van der Waals surface area contributed by atoms with Gasteiger partial charge in [0, 0.05) is 12.8 Å². The zero-order valence-electron chi connectivity index (χ0n) is 33.1. The summed E-state index contributed by atoms with van der Waals surface area (Å²) in [6.45, 7) is 2.70. The third kappa shape index (κ3) is 36.4. The lowest BCUT2D eigenvalue weighted by Gasteiger charge is -2.20. The Hall–Kier alpha value is -2.30. The van der Waals surface area contributed by atoms with E-state index in [1.165, 1.54) is 44.9 Å². The van der Waals surface area contributed by atoms with Crippen molar-refractivity contribution >= 4 is 25.7 Å². The molecule has 308 valence electrons. The minimum atomic E-state index is -4.72. The highest BCUT2D eigenvalue weighted by Gasteiger charge is 2.28. The number of rotatable bonds is 38. The number of allylic oxidation sites excluding steroid dienone is 6. The zero-order chi connectivity index (χ0) is 39.3. The van der Waals surface area contributed by atoms with E-state index < -0.39 is 51.1 Å². The fourth-order valence-electron chi connectivity index (χ4n) is 5.33. The Balaban J connectivity index is 4.42. The summed E-state index contributed by atoms with van der Waals surface area (Å²) in [5, 5.41) is 8.87. The number of carbonyl (C=O) groups excluding carboxylic acids is 2. The van der Waals surface area contributed by atoms with Gasteiger partial charge < -0.3 is 25.2 Å². The van der Waals surface area contributed by atoms with Gasteiger partial charge in [0.2, 0.25) is 0 Å². The molecule has 0 aliphatic heterocycles. The maximum Gasteiger partial charge on any atom is 0.472 e. The second-order valence-electron chi connectivity index (χ2n) is 13.8. The molecule has 0 spiro atoms. The van der Waals surface area contributed by atoms with Gasteiger partial charge in [0.1, 0.15) is 12.6 Å². The molecule has 0 aromatic carbocycles. The number of nitrogens with two attached hydrogens (primary N) is 1. The number of carboxylic acids is 1. The Morgan fingerprint density at radius 3 is 1.57 bits per heavy atom. The first-order valence-corrected chi connectivity index (χ1v) is 22.0. The second kappa shape index (κ2) is 36.7. The van der Waals surface area contributed by atoms with Crippen LogP contribution in [0.5, 0.6) is 0 Å². The van der Waals surface area contributed by atoms with Crippen molar-refractivity contribution < 1.29 is 47.5 Å². The van der Waals surface area contributed by atoms with Gasteiger partial charge in [-0.05, 0) is 64.2 Å². The van der Waals surface area contributed by atoms with E-state index in [0.717, 1.165) is 89.9 Å². The van der Waals surface area contributed by atoms with Crippen LogP contribution in [0.15, 0.2) is 36.5 Å². The average molecular weight is 772 g/mol. The van der Waals surface area contributed by atoms with E-state index in [9.17, 15) is 23.8 Å². The second-order valence-corrected chi connectivity index (χ2v) is 15.2. The monoisotopic (exact) mass is 772 g/mol. The highest BCUT2D eigenvalue weighted by atomic mass is 31.2. The standard InChI is InChI=1S/C41H74NO10P/c1-3-5-7-9-11-13-15-17-18-19-21-22-24-26-28-30-32-39(43)49-34-37(35-50-53(47,48)51-36-38(42)41(45)46)52-40(44)33-31-29-27-25-23-20-16-14-12-10-8-6-4-2/h8,10,14,16,18-19,37-38H,3-7,9,11-13,15,17,20-36,42H2,1-2H3,(H,45,46)(H,47,48)/b10-8-,16-14-,19-18-. The molecule has 0 radical (unpaired) electrons. The first-order valence-electron chi connectivity index (χ1n) is 20.5. The Bertz CT molecular complexity index is 1050. The van der Waals surface area contributed by atoms with Crippen LogP contribution in [-0.4, -0.2) is 59.9 Å². The van der Waals surface area contributed by atoms with Gasteiger partial charge in [-0.2, -0.15) is 0 Å². The van der Waals surface area contributed by atoms with Crippen LogP contribution >= 0.6 is 7.82 Å². The minimum Gasteiger partial charge on any atom is -0.480 e. The number of esters is 2. The van der Waals surface area contributed by atoms with Crippen LogP contribution < -0.4 is 5.73 Å². The summed E-state index contributed by atoms with van der Waals surface area (Å²) >= 11 is 0. The predicted octanol–water partition coefficient (Wildman–Crippen LogP) is 10.4. The van der Waals surface area contributed by atoms with E-state index in [0.29, 0.717) is 12.8 Å². The van der Waals surface area contributed by atoms with Gasteiger partial charge in [-0.3, -0.25) is 23.4 Å². The van der Waals surface area contributed by atoms with Crippen LogP contribution in [0.4, 0.5) is 0 Å². The molecule has 0 amide bonds.